The van der Waals surface area contributed by atoms with Crippen molar-refractivity contribution in [2.24, 2.45) is 0 Å². The van der Waals surface area contributed by atoms with Gasteiger partial charge in [0.15, 0.2) is 0 Å². The molecule has 1 aliphatic heterocycles. The summed E-state index contributed by atoms with van der Waals surface area (Å²) >= 11 is 18.3. The van der Waals surface area contributed by atoms with E-state index in [1.165, 1.54) is 30.3 Å². The lowest BCUT2D eigenvalue weighted by atomic mass is 10.1. The number of carbonyl (C=O) groups excluding carboxylic acids is 4. The van der Waals surface area contributed by atoms with Gasteiger partial charge >= 0.3 is 5.97 Å². The molecule has 37 heavy (non-hydrogen) atoms. The van der Waals surface area contributed by atoms with E-state index in [1.807, 2.05) is 0 Å². The van der Waals surface area contributed by atoms with Gasteiger partial charge in [0.1, 0.15) is 10.7 Å². The van der Waals surface area contributed by atoms with E-state index in [4.69, 9.17) is 39.5 Å². The highest BCUT2D eigenvalue weighted by atomic mass is 35.5. The standard InChI is InChI=1S/C26H18Cl3N3O5/c1-2-37-26(36)15-6-4-8-18(12-15)31-23(33)14-5-3-7-17(11-14)30-22-21(29)24(34)32(25(22)35)20-10-9-16(27)13-19(20)28/h3-13,30H,2H2,1H3,(H,31,33). The zero-order chi connectivity index (χ0) is 26.7. The molecule has 0 aromatic heterocycles. The van der Waals surface area contributed by atoms with Crippen molar-refractivity contribution in [3.05, 3.63) is 98.6 Å². The number of nitrogens with one attached hydrogen (secondary N) is 2. The molecular weight excluding hydrogens is 541 g/mol. The molecule has 4 rings (SSSR count). The van der Waals surface area contributed by atoms with Crippen LogP contribution in [-0.2, 0) is 14.3 Å². The van der Waals surface area contributed by atoms with E-state index in [-0.39, 0.29) is 33.6 Å². The molecule has 0 atom stereocenters. The monoisotopic (exact) mass is 557 g/mol. The fourth-order valence-corrected chi connectivity index (χ4v) is 4.22. The van der Waals surface area contributed by atoms with Crippen molar-refractivity contribution in [2.75, 3.05) is 22.1 Å². The molecule has 0 radical (unpaired) electrons. The van der Waals surface area contributed by atoms with Crippen LogP contribution in [0.15, 0.2) is 77.5 Å². The molecule has 8 nitrogen and oxygen atoms in total. The van der Waals surface area contributed by atoms with Gasteiger partial charge < -0.3 is 15.4 Å². The number of carbonyl (C=O) groups is 4. The smallest absolute Gasteiger partial charge is 0.338 e. The number of imide groups is 1. The highest BCUT2D eigenvalue weighted by Gasteiger charge is 2.39. The van der Waals surface area contributed by atoms with Gasteiger partial charge in [0.2, 0.25) is 0 Å². The normalized spacial score (nSPS) is 13.1. The second kappa shape index (κ2) is 11.0. The summed E-state index contributed by atoms with van der Waals surface area (Å²) in [7, 11) is 0. The summed E-state index contributed by atoms with van der Waals surface area (Å²) in [6.07, 6.45) is 0. The second-order valence-corrected chi connectivity index (χ2v) is 8.91. The number of nitrogens with zero attached hydrogens (tertiary/aromatic N) is 1. The average Bonchev–Trinajstić information content (AvgIpc) is 3.08. The van der Waals surface area contributed by atoms with Gasteiger partial charge in [0.05, 0.1) is 22.9 Å². The first kappa shape index (κ1) is 26.2. The van der Waals surface area contributed by atoms with Gasteiger partial charge in [-0.1, -0.05) is 46.9 Å². The third kappa shape index (κ3) is 5.61. The van der Waals surface area contributed by atoms with Crippen LogP contribution >= 0.6 is 34.8 Å². The first-order chi connectivity index (χ1) is 17.7. The molecule has 0 saturated heterocycles. The maximum atomic E-state index is 13.1. The van der Waals surface area contributed by atoms with Gasteiger partial charge in [-0.2, -0.15) is 0 Å². The van der Waals surface area contributed by atoms with Gasteiger partial charge in [-0.15, -0.1) is 0 Å². The van der Waals surface area contributed by atoms with Crippen LogP contribution in [0.1, 0.15) is 27.6 Å². The van der Waals surface area contributed by atoms with E-state index in [0.29, 0.717) is 22.0 Å². The Morgan fingerprint density at radius 3 is 2.24 bits per heavy atom. The summed E-state index contributed by atoms with van der Waals surface area (Å²) in [5.74, 6) is -2.44. The number of hydrogen-bond acceptors (Lipinski definition) is 6. The summed E-state index contributed by atoms with van der Waals surface area (Å²) in [4.78, 5) is 51.4. The van der Waals surface area contributed by atoms with Crippen LogP contribution in [0.2, 0.25) is 10.0 Å². The Balaban J connectivity index is 1.52. The molecule has 0 bridgehead atoms. The Hall–Kier alpha value is -3.85. The Bertz CT molecular complexity index is 1470. The fraction of sp³-hybridized carbons (Fsp3) is 0.0769. The molecule has 1 aliphatic rings. The van der Waals surface area contributed by atoms with Gasteiger partial charge in [-0.05, 0) is 61.5 Å². The number of rotatable bonds is 7. The number of halogens is 3. The first-order valence-corrected chi connectivity index (χ1v) is 12.0. The molecule has 0 aliphatic carbocycles. The van der Waals surface area contributed by atoms with Crippen molar-refractivity contribution in [1.29, 1.82) is 0 Å². The van der Waals surface area contributed by atoms with E-state index >= 15 is 0 Å². The van der Waals surface area contributed by atoms with Crippen LogP contribution in [0, 0.1) is 0 Å². The van der Waals surface area contributed by atoms with Gasteiger partial charge in [-0.3, -0.25) is 14.4 Å². The zero-order valence-corrected chi connectivity index (χ0v) is 21.4. The minimum atomic E-state index is -0.756. The van der Waals surface area contributed by atoms with Crippen molar-refractivity contribution >= 4 is 75.6 Å². The van der Waals surface area contributed by atoms with Crippen LogP contribution in [0.25, 0.3) is 0 Å². The van der Waals surface area contributed by atoms with Crippen LogP contribution < -0.4 is 15.5 Å². The number of anilines is 3. The van der Waals surface area contributed by atoms with Crippen molar-refractivity contribution in [1.82, 2.24) is 0 Å². The third-order valence-corrected chi connectivity index (χ3v) is 6.09. The van der Waals surface area contributed by atoms with Crippen LogP contribution in [0.3, 0.4) is 0 Å². The molecule has 2 N–H and O–H groups in total. The van der Waals surface area contributed by atoms with E-state index < -0.39 is 23.7 Å². The molecule has 0 unspecified atom stereocenters. The maximum Gasteiger partial charge on any atom is 0.338 e. The Kier molecular flexibility index (Phi) is 7.83. The van der Waals surface area contributed by atoms with Crippen molar-refractivity contribution in [3.63, 3.8) is 0 Å². The van der Waals surface area contributed by atoms with Gasteiger partial charge in [-0.25, -0.2) is 9.69 Å². The minimum absolute atomic E-state index is 0.102. The van der Waals surface area contributed by atoms with Crippen molar-refractivity contribution in [2.45, 2.75) is 6.92 Å². The Morgan fingerprint density at radius 1 is 0.865 bits per heavy atom. The largest absolute Gasteiger partial charge is 0.462 e. The zero-order valence-electron chi connectivity index (χ0n) is 19.2. The van der Waals surface area contributed by atoms with Crippen LogP contribution in [0.5, 0.6) is 0 Å². The molecule has 0 saturated carbocycles. The second-order valence-electron chi connectivity index (χ2n) is 7.69. The topological polar surface area (TPSA) is 105 Å². The summed E-state index contributed by atoms with van der Waals surface area (Å²) < 4.78 is 4.98. The molecule has 0 spiro atoms. The van der Waals surface area contributed by atoms with Gasteiger partial charge in [0.25, 0.3) is 17.7 Å². The quantitative estimate of drug-likeness (QED) is 0.278. The Morgan fingerprint density at radius 2 is 1.54 bits per heavy atom. The lowest BCUT2D eigenvalue weighted by Gasteiger charge is -2.16. The van der Waals surface area contributed by atoms with Crippen LogP contribution in [0.4, 0.5) is 17.1 Å². The SMILES string of the molecule is CCOC(=O)c1cccc(NC(=O)c2cccc(NC3=C(Cl)C(=O)N(c4ccc(Cl)cc4Cl)C3=O)c2)c1. The van der Waals surface area contributed by atoms with E-state index in [1.54, 1.807) is 43.3 Å². The van der Waals surface area contributed by atoms with E-state index in [0.717, 1.165) is 4.90 Å². The molecule has 11 heteroatoms. The lowest BCUT2D eigenvalue weighted by Crippen LogP contribution is -2.32. The predicted octanol–water partition coefficient (Wildman–Crippen LogP) is 5.86. The number of benzene rings is 3. The first-order valence-electron chi connectivity index (χ1n) is 10.9. The molecule has 3 aromatic rings. The number of esters is 1. The number of amides is 3. The predicted molar refractivity (Wildman–Crippen MR) is 142 cm³/mol. The molecule has 0 fully saturated rings. The molecule has 3 aromatic carbocycles. The fourth-order valence-electron chi connectivity index (χ4n) is 3.52. The average molecular weight is 559 g/mol. The van der Waals surface area contributed by atoms with E-state index in [9.17, 15) is 19.2 Å². The summed E-state index contributed by atoms with van der Waals surface area (Å²) in [6.45, 7) is 1.93. The molecular formula is C26H18Cl3N3O5. The molecule has 1 heterocycles. The van der Waals surface area contributed by atoms with Crippen LogP contribution in [-0.4, -0.2) is 30.3 Å². The van der Waals surface area contributed by atoms with Gasteiger partial charge in [0, 0.05) is 22.0 Å². The summed E-state index contributed by atoms with van der Waals surface area (Å²) in [5.41, 5.74) is 1.24. The summed E-state index contributed by atoms with van der Waals surface area (Å²) in [5, 5.41) is 5.65. The minimum Gasteiger partial charge on any atom is -0.462 e. The highest BCUT2D eigenvalue weighted by molar-refractivity contribution is 6.54. The third-order valence-electron chi connectivity index (χ3n) is 5.20. The Labute approximate surface area is 226 Å². The number of ether oxygens (including phenoxy) is 1. The summed E-state index contributed by atoms with van der Waals surface area (Å²) in [6, 6.07) is 16.9. The maximum absolute atomic E-state index is 13.1. The molecule has 188 valence electrons. The van der Waals surface area contributed by atoms with Crippen molar-refractivity contribution in [3.8, 4) is 0 Å². The van der Waals surface area contributed by atoms with Crippen molar-refractivity contribution < 1.29 is 23.9 Å². The highest BCUT2D eigenvalue weighted by Crippen LogP contribution is 2.35. The lowest BCUT2D eigenvalue weighted by molar-refractivity contribution is -0.120. The van der Waals surface area contributed by atoms with E-state index in [2.05, 4.69) is 10.6 Å². The number of hydrogen-bond donors (Lipinski definition) is 2. The molecule has 3 amide bonds.